The van der Waals surface area contributed by atoms with E-state index in [-0.39, 0.29) is 12.1 Å². The van der Waals surface area contributed by atoms with Crippen LogP contribution in [0.3, 0.4) is 0 Å². The van der Waals surface area contributed by atoms with Crippen molar-refractivity contribution in [1.82, 2.24) is 4.90 Å². The molecule has 0 fully saturated rings. The first-order valence-electron chi connectivity index (χ1n) is 7.71. The number of primary sulfonamides is 1. The maximum absolute atomic E-state index is 13.8. The second kappa shape index (κ2) is 7.92. The Morgan fingerprint density at radius 1 is 1.12 bits per heavy atom. The normalized spacial score (nSPS) is 13.0. The molecule has 0 aromatic heterocycles. The molecule has 2 N–H and O–H groups in total. The fourth-order valence-electron chi connectivity index (χ4n) is 2.43. The average molecular weight is 374 g/mol. The molecule has 0 aliphatic rings. The third-order valence-electron chi connectivity index (χ3n) is 3.49. The Labute approximate surface area is 147 Å². The van der Waals surface area contributed by atoms with E-state index in [4.69, 9.17) is 9.88 Å². The Morgan fingerprint density at radius 3 is 2.08 bits per heavy atom. The molecule has 140 valence electrons. The van der Waals surface area contributed by atoms with Gasteiger partial charge in [-0.3, -0.25) is 4.79 Å². The van der Waals surface area contributed by atoms with Gasteiger partial charge in [0, 0.05) is 12.1 Å². The van der Waals surface area contributed by atoms with Crippen molar-refractivity contribution in [3.05, 3.63) is 29.6 Å². The first kappa shape index (κ1) is 21.0. The van der Waals surface area contributed by atoms with Crippen molar-refractivity contribution in [2.45, 2.75) is 57.7 Å². The number of rotatable bonds is 6. The number of amides is 1. The SMILES string of the molecule is CC(C)N(C(=O)[C@H](C)OC(=O)c1cc(S(N)(=O)=O)ccc1F)C(C)C. The highest BCUT2D eigenvalue weighted by atomic mass is 32.2. The van der Waals surface area contributed by atoms with Gasteiger partial charge < -0.3 is 9.64 Å². The van der Waals surface area contributed by atoms with E-state index in [0.29, 0.717) is 0 Å². The molecule has 0 saturated carbocycles. The molecule has 0 bridgehead atoms. The molecule has 1 aromatic rings. The number of carbonyl (C=O) groups is 2. The lowest BCUT2D eigenvalue weighted by Crippen LogP contribution is -2.47. The molecule has 0 heterocycles. The van der Waals surface area contributed by atoms with Gasteiger partial charge in [0.05, 0.1) is 10.5 Å². The van der Waals surface area contributed by atoms with Crippen molar-refractivity contribution in [1.29, 1.82) is 0 Å². The van der Waals surface area contributed by atoms with Gasteiger partial charge in [0.2, 0.25) is 10.0 Å². The van der Waals surface area contributed by atoms with Gasteiger partial charge in [-0.25, -0.2) is 22.7 Å². The summed E-state index contributed by atoms with van der Waals surface area (Å²) in [6, 6.07) is 2.30. The van der Waals surface area contributed by atoms with Crippen LogP contribution in [0.4, 0.5) is 4.39 Å². The van der Waals surface area contributed by atoms with Crippen LogP contribution in [0.25, 0.3) is 0 Å². The molecule has 0 spiro atoms. The van der Waals surface area contributed by atoms with Crippen LogP contribution in [0.1, 0.15) is 45.0 Å². The predicted octanol–water partition coefficient (Wildman–Crippen LogP) is 1.66. The molecule has 0 saturated heterocycles. The van der Waals surface area contributed by atoms with Gasteiger partial charge in [-0.15, -0.1) is 0 Å². The van der Waals surface area contributed by atoms with Crippen molar-refractivity contribution in [3.63, 3.8) is 0 Å². The van der Waals surface area contributed by atoms with Crippen LogP contribution in [0.5, 0.6) is 0 Å². The first-order valence-corrected chi connectivity index (χ1v) is 9.26. The monoisotopic (exact) mass is 374 g/mol. The minimum absolute atomic E-state index is 0.115. The fraction of sp³-hybridized carbons (Fsp3) is 0.500. The largest absolute Gasteiger partial charge is 0.449 e. The molecule has 0 aliphatic carbocycles. The molecule has 25 heavy (non-hydrogen) atoms. The highest BCUT2D eigenvalue weighted by molar-refractivity contribution is 7.89. The highest BCUT2D eigenvalue weighted by Crippen LogP contribution is 2.17. The van der Waals surface area contributed by atoms with Gasteiger partial charge >= 0.3 is 5.97 Å². The van der Waals surface area contributed by atoms with E-state index in [1.807, 2.05) is 27.7 Å². The molecule has 9 heteroatoms. The van der Waals surface area contributed by atoms with Crippen LogP contribution in [0.15, 0.2) is 23.1 Å². The van der Waals surface area contributed by atoms with E-state index >= 15 is 0 Å². The predicted molar refractivity (Wildman–Crippen MR) is 89.8 cm³/mol. The van der Waals surface area contributed by atoms with E-state index in [1.165, 1.54) is 11.8 Å². The second-order valence-electron chi connectivity index (χ2n) is 6.17. The molecule has 7 nitrogen and oxygen atoms in total. The summed E-state index contributed by atoms with van der Waals surface area (Å²) in [7, 11) is -4.11. The van der Waals surface area contributed by atoms with E-state index in [9.17, 15) is 22.4 Å². The number of hydrogen-bond donors (Lipinski definition) is 1. The number of carbonyl (C=O) groups excluding carboxylic acids is 2. The summed E-state index contributed by atoms with van der Waals surface area (Å²) in [5, 5.41) is 4.97. The Kier molecular flexibility index (Phi) is 6.67. The van der Waals surface area contributed by atoms with Crippen molar-refractivity contribution < 1.29 is 27.1 Å². The Bertz CT molecular complexity index is 754. The van der Waals surface area contributed by atoms with Crippen LogP contribution in [-0.4, -0.2) is 43.4 Å². The zero-order valence-electron chi connectivity index (χ0n) is 14.8. The quantitative estimate of drug-likeness (QED) is 0.762. The first-order chi connectivity index (χ1) is 11.4. The van der Waals surface area contributed by atoms with Crippen LogP contribution in [0.2, 0.25) is 0 Å². The number of halogens is 1. The maximum Gasteiger partial charge on any atom is 0.341 e. The molecule has 0 aliphatic heterocycles. The van der Waals surface area contributed by atoms with Crippen molar-refractivity contribution in [2.75, 3.05) is 0 Å². The lowest BCUT2D eigenvalue weighted by atomic mass is 10.2. The van der Waals surface area contributed by atoms with Gasteiger partial charge in [-0.1, -0.05) is 0 Å². The zero-order chi connectivity index (χ0) is 19.5. The van der Waals surface area contributed by atoms with Crippen molar-refractivity contribution in [2.24, 2.45) is 5.14 Å². The fourth-order valence-corrected chi connectivity index (χ4v) is 2.97. The third kappa shape index (κ3) is 5.23. The zero-order valence-corrected chi connectivity index (χ0v) is 15.6. The summed E-state index contributed by atoms with van der Waals surface area (Å²) >= 11 is 0. The number of benzene rings is 1. The molecular formula is C16H23FN2O5S. The van der Waals surface area contributed by atoms with E-state index in [0.717, 1.165) is 18.2 Å². The van der Waals surface area contributed by atoms with Gasteiger partial charge in [0.25, 0.3) is 5.91 Å². The molecule has 0 unspecified atom stereocenters. The van der Waals surface area contributed by atoms with Crippen LogP contribution in [0, 0.1) is 5.82 Å². The lowest BCUT2D eigenvalue weighted by molar-refractivity contribution is -0.143. The number of sulfonamides is 1. The summed E-state index contributed by atoms with van der Waals surface area (Å²) in [5.74, 6) is -2.54. The van der Waals surface area contributed by atoms with E-state index in [2.05, 4.69) is 0 Å². The standard InChI is InChI=1S/C16H23FN2O5S/c1-9(2)19(10(3)4)15(20)11(5)24-16(21)13-8-12(25(18,22)23)6-7-14(13)17/h6-11H,1-5H3,(H2,18,22,23)/t11-/m0/s1. The maximum atomic E-state index is 13.8. The highest BCUT2D eigenvalue weighted by Gasteiger charge is 2.29. The Balaban J connectivity index is 3.04. The third-order valence-corrected chi connectivity index (χ3v) is 4.40. The Hall–Kier alpha value is -2.00. The molecule has 1 amide bonds. The number of nitrogens with two attached hydrogens (primary N) is 1. The van der Waals surface area contributed by atoms with Gasteiger partial charge in [0.15, 0.2) is 6.10 Å². The summed E-state index contributed by atoms with van der Waals surface area (Å²) in [6.45, 7) is 8.66. The number of esters is 1. The van der Waals surface area contributed by atoms with Crippen LogP contribution in [-0.2, 0) is 19.6 Å². The summed E-state index contributed by atoms with van der Waals surface area (Å²) < 4.78 is 41.5. The van der Waals surface area contributed by atoms with Crippen LogP contribution < -0.4 is 5.14 Å². The van der Waals surface area contributed by atoms with Crippen molar-refractivity contribution in [3.8, 4) is 0 Å². The molecular weight excluding hydrogens is 351 g/mol. The van der Waals surface area contributed by atoms with Gasteiger partial charge in [-0.2, -0.15) is 0 Å². The minimum atomic E-state index is -4.11. The Morgan fingerprint density at radius 2 is 1.64 bits per heavy atom. The van der Waals surface area contributed by atoms with Crippen LogP contribution >= 0.6 is 0 Å². The molecule has 1 atom stereocenters. The topological polar surface area (TPSA) is 107 Å². The minimum Gasteiger partial charge on any atom is -0.449 e. The molecule has 1 rings (SSSR count). The van der Waals surface area contributed by atoms with E-state index in [1.54, 1.807) is 0 Å². The van der Waals surface area contributed by atoms with E-state index < -0.39 is 44.3 Å². The lowest BCUT2D eigenvalue weighted by Gasteiger charge is -2.32. The van der Waals surface area contributed by atoms with Gasteiger partial charge in [-0.05, 0) is 52.8 Å². The number of hydrogen-bond acceptors (Lipinski definition) is 5. The van der Waals surface area contributed by atoms with Crippen molar-refractivity contribution >= 4 is 21.9 Å². The number of nitrogens with zero attached hydrogens (tertiary/aromatic N) is 1. The summed E-state index contributed by atoms with van der Waals surface area (Å²) in [4.78, 5) is 25.7. The molecule has 0 radical (unpaired) electrons. The molecule has 1 aromatic carbocycles. The summed E-state index contributed by atoms with van der Waals surface area (Å²) in [6.07, 6.45) is -1.16. The smallest absolute Gasteiger partial charge is 0.341 e. The second-order valence-corrected chi connectivity index (χ2v) is 7.73. The van der Waals surface area contributed by atoms with Gasteiger partial charge in [0.1, 0.15) is 5.82 Å². The average Bonchev–Trinajstić information content (AvgIpc) is 2.45. The summed E-state index contributed by atoms with van der Waals surface area (Å²) in [5.41, 5.74) is -0.605. The number of ether oxygens (including phenoxy) is 1.